The lowest BCUT2D eigenvalue weighted by molar-refractivity contribution is -0.147. The highest BCUT2D eigenvalue weighted by Gasteiger charge is 2.33. The Labute approximate surface area is 130 Å². The zero-order valence-corrected chi connectivity index (χ0v) is 12.2. The number of hydrogen-bond acceptors (Lipinski definition) is 3. The minimum atomic E-state index is -4.23. The molecule has 1 unspecified atom stereocenters. The lowest BCUT2D eigenvalue weighted by Gasteiger charge is -2.32. The van der Waals surface area contributed by atoms with Gasteiger partial charge in [-0.1, -0.05) is 12.1 Å². The van der Waals surface area contributed by atoms with Crippen LogP contribution in [0.1, 0.15) is 22.3 Å². The number of carbonyl (C=O) groups excluding carboxylic acids is 1. The molecule has 1 N–H and O–H groups in total. The molecule has 0 aliphatic carbocycles. The van der Waals surface area contributed by atoms with Crippen LogP contribution in [0, 0.1) is 0 Å². The molecular weight excluding hydrogens is 315 g/mol. The van der Waals surface area contributed by atoms with Crippen LogP contribution in [-0.4, -0.2) is 53.9 Å². The van der Waals surface area contributed by atoms with Crippen LogP contribution in [-0.2, 0) is 16.0 Å². The van der Waals surface area contributed by atoms with Gasteiger partial charge in [0.1, 0.15) is 0 Å². The second-order valence-electron chi connectivity index (χ2n) is 5.24. The van der Waals surface area contributed by atoms with Gasteiger partial charge in [-0.25, -0.2) is 4.79 Å². The Kier molecular flexibility index (Phi) is 5.25. The number of nitrogens with zero attached hydrogens (tertiary/aromatic N) is 1. The quantitative estimate of drug-likeness (QED) is 0.918. The summed E-state index contributed by atoms with van der Waals surface area (Å²) in [7, 11) is 0. The van der Waals surface area contributed by atoms with E-state index >= 15 is 0 Å². The van der Waals surface area contributed by atoms with Crippen LogP contribution in [0.25, 0.3) is 0 Å². The SMILES string of the molecule is O=C(O)C1COCCN1C(=O)c1ccc(CCC(F)(F)F)cc1. The fraction of sp³-hybridized carbons (Fsp3) is 0.467. The maximum absolute atomic E-state index is 12.4. The molecule has 23 heavy (non-hydrogen) atoms. The zero-order valence-electron chi connectivity index (χ0n) is 12.2. The van der Waals surface area contributed by atoms with Gasteiger partial charge in [0, 0.05) is 18.5 Å². The van der Waals surface area contributed by atoms with Crippen molar-refractivity contribution in [2.24, 2.45) is 0 Å². The van der Waals surface area contributed by atoms with Crippen LogP contribution < -0.4 is 0 Å². The molecule has 8 heteroatoms. The Morgan fingerprint density at radius 1 is 1.26 bits per heavy atom. The molecule has 1 fully saturated rings. The van der Waals surface area contributed by atoms with E-state index in [2.05, 4.69) is 0 Å². The number of carboxylic acid groups (broad SMARTS) is 1. The van der Waals surface area contributed by atoms with E-state index in [1.165, 1.54) is 29.2 Å². The number of aliphatic carboxylic acids is 1. The van der Waals surface area contributed by atoms with Crippen molar-refractivity contribution in [2.75, 3.05) is 19.8 Å². The zero-order chi connectivity index (χ0) is 17.0. The summed E-state index contributed by atoms with van der Waals surface area (Å²) < 4.78 is 41.6. The van der Waals surface area contributed by atoms with Crippen LogP contribution in [0.4, 0.5) is 13.2 Å². The third kappa shape index (κ3) is 4.69. The van der Waals surface area contributed by atoms with E-state index in [4.69, 9.17) is 9.84 Å². The van der Waals surface area contributed by atoms with Gasteiger partial charge in [-0.05, 0) is 24.1 Å². The van der Waals surface area contributed by atoms with E-state index in [0.29, 0.717) is 5.56 Å². The van der Waals surface area contributed by atoms with Gasteiger partial charge in [-0.3, -0.25) is 4.79 Å². The van der Waals surface area contributed by atoms with E-state index in [-0.39, 0.29) is 31.7 Å². The predicted octanol–water partition coefficient (Wildman–Crippen LogP) is 2.11. The van der Waals surface area contributed by atoms with Crippen LogP contribution >= 0.6 is 0 Å². The number of amides is 1. The third-order valence-electron chi connectivity index (χ3n) is 3.57. The molecule has 1 saturated heterocycles. The number of rotatable bonds is 4. The molecule has 1 heterocycles. The van der Waals surface area contributed by atoms with E-state index in [1.54, 1.807) is 0 Å². The fourth-order valence-corrected chi connectivity index (χ4v) is 2.32. The van der Waals surface area contributed by atoms with E-state index in [0.717, 1.165) is 0 Å². The summed E-state index contributed by atoms with van der Waals surface area (Å²) in [5.74, 6) is -1.62. The molecule has 2 rings (SSSR count). The molecule has 0 bridgehead atoms. The smallest absolute Gasteiger partial charge is 0.389 e. The fourth-order valence-electron chi connectivity index (χ4n) is 2.32. The van der Waals surface area contributed by atoms with Gasteiger partial charge in [-0.2, -0.15) is 13.2 Å². The first-order valence-electron chi connectivity index (χ1n) is 7.05. The number of halogens is 3. The molecule has 0 spiro atoms. The normalized spacial score (nSPS) is 18.7. The van der Waals surface area contributed by atoms with Crippen molar-refractivity contribution < 1.29 is 32.6 Å². The van der Waals surface area contributed by atoms with Crippen molar-refractivity contribution in [3.05, 3.63) is 35.4 Å². The molecule has 1 aliphatic rings. The van der Waals surface area contributed by atoms with E-state index < -0.39 is 30.5 Å². The molecule has 1 amide bonds. The monoisotopic (exact) mass is 331 g/mol. The Morgan fingerprint density at radius 2 is 1.91 bits per heavy atom. The van der Waals surface area contributed by atoms with Crippen LogP contribution in [0.15, 0.2) is 24.3 Å². The van der Waals surface area contributed by atoms with E-state index in [1.807, 2.05) is 0 Å². The van der Waals surface area contributed by atoms with Gasteiger partial charge in [0.15, 0.2) is 6.04 Å². The van der Waals surface area contributed by atoms with E-state index in [9.17, 15) is 22.8 Å². The molecule has 0 radical (unpaired) electrons. The number of carboxylic acids is 1. The average molecular weight is 331 g/mol. The molecule has 1 aromatic rings. The number of aryl methyl sites for hydroxylation is 1. The number of ether oxygens (including phenoxy) is 1. The molecule has 0 saturated carbocycles. The summed E-state index contributed by atoms with van der Waals surface area (Å²) in [6, 6.07) is 4.69. The standard InChI is InChI=1S/C15H16F3NO4/c16-15(17,18)6-5-10-1-3-11(4-2-10)13(20)19-7-8-23-9-12(19)14(21)22/h1-4,12H,5-9H2,(H,21,22). The number of hydrogen-bond donors (Lipinski definition) is 1. The van der Waals surface area contributed by atoms with Crippen molar-refractivity contribution in [1.82, 2.24) is 4.90 Å². The minimum absolute atomic E-state index is 0.0786. The van der Waals surface area contributed by atoms with Crippen molar-refractivity contribution in [2.45, 2.75) is 25.1 Å². The van der Waals surface area contributed by atoms with Crippen molar-refractivity contribution in [1.29, 1.82) is 0 Å². The predicted molar refractivity (Wildman–Crippen MR) is 74.1 cm³/mol. The average Bonchev–Trinajstić information content (AvgIpc) is 2.52. The Hall–Kier alpha value is -2.09. The lowest BCUT2D eigenvalue weighted by Crippen LogP contribution is -2.52. The summed E-state index contributed by atoms with van der Waals surface area (Å²) in [5, 5.41) is 9.11. The molecule has 1 aliphatic heterocycles. The van der Waals surface area contributed by atoms with Gasteiger partial charge in [0.25, 0.3) is 5.91 Å². The molecule has 0 aromatic heterocycles. The number of carbonyl (C=O) groups is 2. The van der Waals surface area contributed by atoms with Gasteiger partial charge in [0.05, 0.1) is 13.2 Å². The lowest BCUT2D eigenvalue weighted by atomic mass is 10.1. The highest BCUT2D eigenvalue weighted by molar-refractivity contribution is 5.96. The molecule has 5 nitrogen and oxygen atoms in total. The van der Waals surface area contributed by atoms with Crippen LogP contribution in [0.5, 0.6) is 0 Å². The van der Waals surface area contributed by atoms with Crippen LogP contribution in [0.2, 0.25) is 0 Å². The number of morpholine rings is 1. The molecule has 1 atom stereocenters. The Morgan fingerprint density at radius 3 is 2.48 bits per heavy atom. The largest absolute Gasteiger partial charge is 0.480 e. The van der Waals surface area contributed by atoms with Gasteiger partial charge < -0.3 is 14.7 Å². The minimum Gasteiger partial charge on any atom is -0.480 e. The summed E-state index contributed by atoms with van der Waals surface area (Å²) >= 11 is 0. The maximum Gasteiger partial charge on any atom is 0.389 e. The Bertz CT molecular complexity index is 571. The van der Waals surface area contributed by atoms with Crippen molar-refractivity contribution >= 4 is 11.9 Å². The molecular formula is C15H16F3NO4. The highest BCUT2D eigenvalue weighted by Crippen LogP contribution is 2.22. The van der Waals surface area contributed by atoms with Gasteiger partial charge in [-0.15, -0.1) is 0 Å². The summed E-state index contributed by atoms with van der Waals surface area (Å²) in [4.78, 5) is 24.7. The first kappa shape index (κ1) is 17.3. The Balaban J connectivity index is 2.06. The number of benzene rings is 1. The first-order chi connectivity index (χ1) is 10.8. The summed E-state index contributed by atoms with van der Waals surface area (Å²) in [6.45, 7) is 0.329. The second-order valence-corrected chi connectivity index (χ2v) is 5.24. The second kappa shape index (κ2) is 6.99. The molecule has 1 aromatic carbocycles. The first-order valence-corrected chi connectivity index (χ1v) is 7.05. The summed E-state index contributed by atoms with van der Waals surface area (Å²) in [6.07, 6.45) is -5.31. The van der Waals surface area contributed by atoms with Gasteiger partial charge >= 0.3 is 12.1 Å². The number of alkyl halides is 3. The topological polar surface area (TPSA) is 66.8 Å². The van der Waals surface area contributed by atoms with Crippen molar-refractivity contribution in [3.8, 4) is 0 Å². The maximum atomic E-state index is 12.4. The molecule has 126 valence electrons. The van der Waals surface area contributed by atoms with Crippen molar-refractivity contribution in [3.63, 3.8) is 0 Å². The highest BCUT2D eigenvalue weighted by atomic mass is 19.4. The van der Waals surface area contributed by atoms with Crippen LogP contribution in [0.3, 0.4) is 0 Å². The van der Waals surface area contributed by atoms with Gasteiger partial charge in [0.2, 0.25) is 0 Å². The third-order valence-corrected chi connectivity index (χ3v) is 3.57. The summed E-state index contributed by atoms with van der Waals surface area (Å²) in [5.41, 5.74) is 0.713.